The van der Waals surface area contributed by atoms with E-state index in [0.29, 0.717) is 17.7 Å². The molecule has 0 saturated carbocycles. The molecule has 30 heavy (non-hydrogen) atoms. The molecule has 0 bridgehead atoms. The highest BCUT2D eigenvalue weighted by Gasteiger charge is 2.22. The van der Waals surface area contributed by atoms with Crippen LogP contribution < -0.4 is 4.74 Å². The average Bonchev–Trinajstić information content (AvgIpc) is 2.74. The molecule has 0 aromatic heterocycles. The van der Waals surface area contributed by atoms with Crippen LogP contribution in [0.1, 0.15) is 31.4 Å². The van der Waals surface area contributed by atoms with Gasteiger partial charge in [0.05, 0.1) is 18.0 Å². The molecule has 0 heterocycles. The second kappa shape index (κ2) is 9.99. The smallest absolute Gasteiger partial charge is 0.242 e. The van der Waals surface area contributed by atoms with Crippen molar-refractivity contribution in [2.24, 2.45) is 0 Å². The van der Waals surface area contributed by atoms with E-state index in [1.807, 2.05) is 0 Å². The molecule has 0 unspecified atom stereocenters. The van der Waals surface area contributed by atoms with Crippen molar-refractivity contribution in [3.63, 3.8) is 0 Å². The molecule has 0 saturated heterocycles. The van der Waals surface area contributed by atoms with Gasteiger partial charge in [0.25, 0.3) is 0 Å². The Hall–Kier alpha value is -2.52. The van der Waals surface area contributed by atoms with Crippen LogP contribution in [0.3, 0.4) is 0 Å². The largest absolute Gasteiger partial charge is 0.497 e. The van der Waals surface area contributed by atoms with Crippen LogP contribution in [-0.2, 0) is 14.8 Å². The molecule has 0 fully saturated rings. The lowest BCUT2D eigenvalue weighted by Gasteiger charge is -2.26. The van der Waals surface area contributed by atoms with Crippen molar-refractivity contribution in [3.8, 4) is 5.75 Å². The van der Waals surface area contributed by atoms with E-state index in [9.17, 15) is 22.0 Å². The van der Waals surface area contributed by atoms with Crippen LogP contribution in [0.5, 0.6) is 5.75 Å². The third-order valence-corrected chi connectivity index (χ3v) is 6.90. The van der Waals surface area contributed by atoms with Crippen molar-refractivity contribution in [2.45, 2.75) is 30.7 Å². The Balaban J connectivity index is 1.92. The maximum absolute atomic E-state index is 13.4. The zero-order valence-corrected chi connectivity index (χ0v) is 18.2. The SMILES string of the molecule is COc1ccc(S(=O)(=O)N(C)CCCC(=O)N(C)[C@H](C)c2ccc(F)c(F)c2)cc1. The normalized spacial score (nSPS) is 12.6. The number of amides is 1. The molecule has 6 nitrogen and oxygen atoms in total. The molecule has 164 valence electrons. The second-order valence-electron chi connectivity index (χ2n) is 6.96. The standard InChI is InChI=1S/C21H26F2N2O4S/c1-15(16-7-12-19(22)20(23)14-16)25(3)21(26)6-5-13-24(2)30(27,28)18-10-8-17(29-4)9-11-18/h7-12,14-15H,5-6,13H2,1-4H3/t15-/m1/s1. The van der Waals surface area contributed by atoms with Crippen molar-refractivity contribution >= 4 is 15.9 Å². The van der Waals surface area contributed by atoms with Gasteiger partial charge in [-0.3, -0.25) is 4.79 Å². The Morgan fingerprint density at radius 3 is 2.27 bits per heavy atom. The number of benzene rings is 2. The van der Waals surface area contributed by atoms with Gasteiger partial charge in [-0.2, -0.15) is 0 Å². The minimum Gasteiger partial charge on any atom is -0.497 e. The van der Waals surface area contributed by atoms with Crippen molar-refractivity contribution in [3.05, 3.63) is 59.7 Å². The third-order valence-electron chi connectivity index (χ3n) is 5.03. The Morgan fingerprint density at radius 2 is 1.70 bits per heavy atom. The van der Waals surface area contributed by atoms with Crippen LogP contribution in [0, 0.1) is 11.6 Å². The zero-order chi connectivity index (χ0) is 22.5. The molecule has 1 amide bonds. The molecule has 0 spiro atoms. The van der Waals surface area contributed by atoms with Crippen LogP contribution in [0.2, 0.25) is 0 Å². The molecule has 2 rings (SSSR count). The molecule has 2 aromatic carbocycles. The highest BCUT2D eigenvalue weighted by Crippen LogP contribution is 2.22. The summed E-state index contributed by atoms with van der Waals surface area (Å²) in [5.74, 6) is -1.57. The van der Waals surface area contributed by atoms with Gasteiger partial charge >= 0.3 is 0 Å². The van der Waals surface area contributed by atoms with Crippen LogP contribution >= 0.6 is 0 Å². The van der Waals surface area contributed by atoms with Crippen molar-refractivity contribution < 1.29 is 26.7 Å². The fourth-order valence-corrected chi connectivity index (χ4v) is 4.10. The number of hydrogen-bond donors (Lipinski definition) is 0. The van der Waals surface area contributed by atoms with Crippen LogP contribution in [-0.4, -0.2) is 51.3 Å². The summed E-state index contributed by atoms with van der Waals surface area (Å²) in [6, 6.07) is 9.14. The average molecular weight is 441 g/mol. The first kappa shape index (κ1) is 23.8. The van der Waals surface area contributed by atoms with Gasteiger partial charge in [0.15, 0.2) is 11.6 Å². The molecule has 0 radical (unpaired) electrons. The summed E-state index contributed by atoms with van der Waals surface area (Å²) in [5, 5.41) is 0. The Labute approximate surface area is 176 Å². The van der Waals surface area contributed by atoms with Gasteiger partial charge < -0.3 is 9.64 Å². The van der Waals surface area contributed by atoms with E-state index in [4.69, 9.17) is 4.74 Å². The lowest BCUT2D eigenvalue weighted by Crippen LogP contribution is -2.32. The summed E-state index contributed by atoms with van der Waals surface area (Å²) in [6.07, 6.45) is 0.437. The molecular weight excluding hydrogens is 414 g/mol. The fourth-order valence-electron chi connectivity index (χ4n) is 2.89. The first-order valence-corrected chi connectivity index (χ1v) is 10.8. The van der Waals surface area contributed by atoms with Crippen LogP contribution in [0.25, 0.3) is 0 Å². The van der Waals surface area contributed by atoms with Crippen LogP contribution in [0.15, 0.2) is 47.4 Å². The predicted octanol–water partition coefficient (Wildman–Crippen LogP) is 3.59. The fraction of sp³-hybridized carbons (Fsp3) is 0.381. The third kappa shape index (κ3) is 5.54. The van der Waals surface area contributed by atoms with E-state index >= 15 is 0 Å². The maximum atomic E-state index is 13.4. The lowest BCUT2D eigenvalue weighted by molar-refractivity contribution is -0.131. The number of sulfonamides is 1. The molecule has 0 aliphatic carbocycles. The van der Waals surface area contributed by atoms with Gasteiger partial charge in [0.2, 0.25) is 15.9 Å². The lowest BCUT2D eigenvalue weighted by atomic mass is 10.1. The topological polar surface area (TPSA) is 66.9 Å². The predicted molar refractivity (Wildman–Crippen MR) is 110 cm³/mol. The number of carbonyl (C=O) groups excluding carboxylic acids is 1. The van der Waals surface area contributed by atoms with Gasteiger partial charge in [-0.15, -0.1) is 0 Å². The first-order chi connectivity index (χ1) is 14.1. The summed E-state index contributed by atoms with van der Waals surface area (Å²) < 4.78 is 58.0. The Morgan fingerprint density at radius 1 is 1.07 bits per heavy atom. The summed E-state index contributed by atoms with van der Waals surface area (Å²) in [6.45, 7) is 1.87. The minimum atomic E-state index is -3.67. The number of carbonyl (C=O) groups is 1. The molecule has 1 atom stereocenters. The van der Waals surface area contributed by atoms with Gasteiger partial charge in [0, 0.05) is 27.1 Å². The molecule has 0 aliphatic rings. The molecule has 2 aromatic rings. The molecule has 0 aliphatic heterocycles. The zero-order valence-electron chi connectivity index (χ0n) is 17.4. The number of rotatable bonds is 9. The minimum absolute atomic E-state index is 0.118. The second-order valence-corrected chi connectivity index (χ2v) is 9.00. The molecule has 0 N–H and O–H groups in total. The number of methoxy groups -OCH3 is 1. The molecule has 9 heteroatoms. The number of ether oxygens (including phenoxy) is 1. The van der Waals surface area contributed by atoms with E-state index in [0.717, 1.165) is 12.1 Å². The highest BCUT2D eigenvalue weighted by atomic mass is 32.2. The Kier molecular flexibility index (Phi) is 7.91. The Bertz CT molecular complexity index is 981. The number of halogens is 2. The van der Waals surface area contributed by atoms with E-state index in [-0.39, 0.29) is 23.8 Å². The monoisotopic (exact) mass is 440 g/mol. The first-order valence-electron chi connectivity index (χ1n) is 9.39. The van der Waals surface area contributed by atoms with Gasteiger partial charge in [0.1, 0.15) is 5.75 Å². The van der Waals surface area contributed by atoms with E-state index in [1.54, 1.807) is 26.1 Å². The quantitative estimate of drug-likeness (QED) is 0.598. The van der Waals surface area contributed by atoms with Crippen molar-refractivity contribution in [2.75, 3.05) is 27.7 Å². The number of nitrogens with zero attached hydrogens (tertiary/aromatic N) is 2. The number of hydrogen-bond acceptors (Lipinski definition) is 4. The highest BCUT2D eigenvalue weighted by molar-refractivity contribution is 7.89. The van der Waals surface area contributed by atoms with Crippen LogP contribution in [0.4, 0.5) is 8.78 Å². The van der Waals surface area contributed by atoms with E-state index in [1.165, 1.54) is 41.6 Å². The van der Waals surface area contributed by atoms with Crippen molar-refractivity contribution in [1.29, 1.82) is 0 Å². The van der Waals surface area contributed by atoms with E-state index in [2.05, 4.69) is 0 Å². The van der Waals surface area contributed by atoms with Crippen molar-refractivity contribution in [1.82, 2.24) is 9.21 Å². The molecular formula is C21H26F2N2O4S. The summed E-state index contributed by atoms with van der Waals surface area (Å²) in [7, 11) is 0.854. The maximum Gasteiger partial charge on any atom is 0.242 e. The van der Waals surface area contributed by atoms with Gasteiger partial charge in [-0.25, -0.2) is 21.5 Å². The van der Waals surface area contributed by atoms with Gasteiger partial charge in [-0.05, 0) is 55.3 Å². The van der Waals surface area contributed by atoms with E-state index < -0.39 is 27.7 Å². The summed E-state index contributed by atoms with van der Waals surface area (Å²) >= 11 is 0. The summed E-state index contributed by atoms with van der Waals surface area (Å²) in [4.78, 5) is 14.0. The van der Waals surface area contributed by atoms with Gasteiger partial charge in [-0.1, -0.05) is 6.07 Å². The summed E-state index contributed by atoms with van der Waals surface area (Å²) in [5.41, 5.74) is 0.476.